The highest BCUT2D eigenvalue weighted by Crippen LogP contribution is 2.34. The van der Waals surface area contributed by atoms with E-state index in [0.29, 0.717) is 23.5 Å². The lowest BCUT2D eigenvalue weighted by Crippen LogP contribution is -2.23. The van der Waals surface area contributed by atoms with Crippen molar-refractivity contribution in [3.8, 4) is 0 Å². The molecular formula is C14H16N4O3. The molecule has 0 fully saturated rings. The molecule has 0 spiro atoms. The fourth-order valence-corrected chi connectivity index (χ4v) is 2.59. The number of hydrogen-bond donors (Lipinski definition) is 3. The molecule has 2 aliphatic rings. The number of carbonyl (C=O) groups excluding carboxylic acids is 1. The lowest BCUT2D eigenvalue weighted by molar-refractivity contribution is -0.384. The molecule has 1 amide bonds. The molecule has 7 nitrogen and oxygen atoms in total. The summed E-state index contributed by atoms with van der Waals surface area (Å²) in [6, 6.07) is 3.13. The monoisotopic (exact) mass is 288 g/mol. The summed E-state index contributed by atoms with van der Waals surface area (Å²) in [7, 11) is 0. The first-order valence-corrected chi connectivity index (χ1v) is 6.87. The van der Waals surface area contributed by atoms with E-state index in [2.05, 4.69) is 22.0 Å². The molecule has 1 aromatic carbocycles. The number of nitrogens with one attached hydrogen (secondary N) is 3. The molecule has 0 aromatic heterocycles. The molecule has 110 valence electrons. The predicted octanol–water partition coefficient (Wildman–Crippen LogP) is 1.42. The SMILES string of the molecule is O=C1Cc2cc([N+](=O)[O-])c(NCC3=CCNCC3)cc2N1. The largest absolute Gasteiger partial charge is 0.376 e. The van der Waals surface area contributed by atoms with E-state index >= 15 is 0 Å². The van der Waals surface area contributed by atoms with Gasteiger partial charge in [0.2, 0.25) is 5.91 Å². The molecule has 0 radical (unpaired) electrons. The second kappa shape index (κ2) is 5.53. The summed E-state index contributed by atoms with van der Waals surface area (Å²) >= 11 is 0. The van der Waals surface area contributed by atoms with Gasteiger partial charge in [-0.1, -0.05) is 11.6 Å². The van der Waals surface area contributed by atoms with Crippen molar-refractivity contribution < 1.29 is 9.72 Å². The lowest BCUT2D eigenvalue weighted by atomic mass is 10.1. The fraction of sp³-hybridized carbons (Fsp3) is 0.357. The molecule has 0 bridgehead atoms. The molecule has 21 heavy (non-hydrogen) atoms. The maximum Gasteiger partial charge on any atom is 0.292 e. The maximum absolute atomic E-state index is 11.4. The van der Waals surface area contributed by atoms with Gasteiger partial charge in [0.1, 0.15) is 5.69 Å². The standard InChI is InChI=1S/C14H16N4O3/c19-14-6-10-5-13(18(20)21)12(7-11(10)17-14)16-8-9-1-3-15-4-2-9/h1,5,7,15-16H,2-4,6,8H2,(H,17,19). The molecule has 0 saturated carbocycles. The van der Waals surface area contributed by atoms with Crippen LogP contribution >= 0.6 is 0 Å². The number of rotatable bonds is 4. The predicted molar refractivity (Wildman–Crippen MR) is 79.5 cm³/mol. The molecule has 0 aliphatic carbocycles. The fourth-order valence-electron chi connectivity index (χ4n) is 2.59. The van der Waals surface area contributed by atoms with Crippen LogP contribution in [0, 0.1) is 10.1 Å². The van der Waals surface area contributed by atoms with Crippen LogP contribution in [0.1, 0.15) is 12.0 Å². The van der Waals surface area contributed by atoms with Crippen LogP contribution in [-0.4, -0.2) is 30.5 Å². The van der Waals surface area contributed by atoms with E-state index in [0.717, 1.165) is 19.5 Å². The van der Waals surface area contributed by atoms with Crippen molar-refractivity contribution in [2.75, 3.05) is 30.3 Å². The molecule has 7 heteroatoms. The molecule has 2 aliphatic heterocycles. The highest BCUT2D eigenvalue weighted by molar-refractivity contribution is 6.00. The summed E-state index contributed by atoms with van der Waals surface area (Å²) in [5.41, 5.74) is 3.03. The number of fused-ring (bicyclic) bond motifs is 1. The molecule has 0 atom stereocenters. The van der Waals surface area contributed by atoms with Gasteiger partial charge in [0.25, 0.3) is 5.69 Å². The Morgan fingerprint density at radius 1 is 1.38 bits per heavy atom. The molecule has 3 N–H and O–H groups in total. The van der Waals surface area contributed by atoms with Crippen LogP contribution in [0.25, 0.3) is 0 Å². The number of amides is 1. The normalized spacial score (nSPS) is 17.0. The third kappa shape index (κ3) is 2.87. The highest BCUT2D eigenvalue weighted by atomic mass is 16.6. The zero-order valence-electron chi connectivity index (χ0n) is 11.4. The van der Waals surface area contributed by atoms with Gasteiger partial charge < -0.3 is 16.0 Å². The van der Waals surface area contributed by atoms with Gasteiger partial charge in [-0.2, -0.15) is 0 Å². The second-order valence-electron chi connectivity index (χ2n) is 5.18. The number of nitro groups is 1. The number of hydrogen-bond acceptors (Lipinski definition) is 5. The number of nitro benzene ring substituents is 1. The molecular weight excluding hydrogens is 272 g/mol. The Kier molecular flexibility index (Phi) is 3.57. The van der Waals surface area contributed by atoms with E-state index in [1.807, 2.05) is 0 Å². The minimum absolute atomic E-state index is 0.0137. The number of nitrogens with zero attached hydrogens (tertiary/aromatic N) is 1. The average molecular weight is 288 g/mol. The van der Waals surface area contributed by atoms with E-state index in [4.69, 9.17) is 0 Å². The topological polar surface area (TPSA) is 96.3 Å². The third-order valence-electron chi connectivity index (χ3n) is 3.71. The maximum atomic E-state index is 11.4. The molecule has 0 unspecified atom stereocenters. The summed E-state index contributed by atoms with van der Waals surface area (Å²) in [5, 5.41) is 20.2. The van der Waals surface area contributed by atoms with E-state index in [9.17, 15) is 14.9 Å². The van der Waals surface area contributed by atoms with E-state index in [1.165, 1.54) is 11.6 Å². The molecule has 0 saturated heterocycles. The van der Waals surface area contributed by atoms with Crippen molar-refractivity contribution in [1.29, 1.82) is 0 Å². The van der Waals surface area contributed by atoms with Gasteiger partial charge >= 0.3 is 0 Å². The van der Waals surface area contributed by atoms with Gasteiger partial charge in [-0.3, -0.25) is 14.9 Å². The molecule has 1 aromatic rings. The Bertz CT molecular complexity index is 639. The van der Waals surface area contributed by atoms with Crippen molar-refractivity contribution in [2.24, 2.45) is 0 Å². The van der Waals surface area contributed by atoms with Crippen LogP contribution in [-0.2, 0) is 11.2 Å². The van der Waals surface area contributed by atoms with Crippen molar-refractivity contribution >= 4 is 23.0 Å². The van der Waals surface area contributed by atoms with Crippen LogP contribution in [0.4, 0.5) is 17.1 Å². The smallest absolute Gasteiger partial charge is 0.292 e. The van der Waals surface area contributed by atoms with Gasteiger partial charge in [-0.05, 0) is 24.6 Å². The molecule has 2 heterocycles. The average Bonchev–Trinajstić information content (AvgIpc) is 2.84. The van der Waals surface area contributed by atoms with Gasteiger partial charge in [0.05, 0.1) is 11.3 Å². The van der Waals surface area contributed by atoms with Crippen LogP contribution in [0.15, 0.2) is 23.8 Å². The Balaban J connectivity index is 1.83. The van der Waals surface area contributed by atoms with Crippen LogP contribution < -0.4 is 16.0 Å². The first-order valence-electron chi connectivity index (χ1n) is 6.87. The van der Waals surface area contributed by atoms with Gasteiger partial charge in [0, 0.05) is 24.8 Å². The first kappa shape index (κ1) is 13.6. The van der Waals surface area contributed by atoms with E-state index in [-0.39, 0.29) is 18.0 Å². The van der Waals surface area contributed by atoms with E-state index in [1.54, 1.807) is 6.07 Å². The van der Waals surface area contributed by atoms with E-state index < -0.39 is 4.92 Å². The van der Waals surface area contributed by atoms with Gasteiger partial charge in [-0.15, -0.1) is 0 Å². The van der Waals surface area contributed by atoms with Crippen LogP contribution in [0.2, 0.25) is 0 Å². The van der Waals surface area contributed by atoms with Crippen LogP contribution in [0.3, 0.4) is 0 Å². The third-order valence-corrected chi connectivity index (χ3v) is 3.71. The van der Waals surface area contributed by atoms with Crippen molar-refractivity contribution in [3.05, 3.63) is 39.5 Å². The van der Waals surface area contributed by atoms with Gasteiger partial charge in [0.15, 0.2) is 0 Å². The summed E-state index contributed by atoms with van der Waals surface area (Å²) in [5.74, 6) is -0.127. The summed E-state index contributed by atoms with van der Waals surface area (Å²) < 4.78 is 0. The Morgan fingerprint density at radius 2 is 2.24 bits per heavy atom. The Morgan fingerprint density at radius 3 is 2.95 bits per heavy atom. The molecule has 3 rings (SSSR count). The number of anilines is 2. The Labute approximate surface area is 121 Å². The van der Waals surface area contributed by atoms with Crippen molar-refractivity contribution in [2.45, 2.75) is 12.8 Å². The first-order chi connectivity index (χ1) is 10.1. The van der Waals surface area contributed by atoms with Crippen molar-refractivity contribution in [1.82, 2.24) is 5.32 Å². The minimum atomic E-state index is -0.414. The quantitative estimate of drug-likeness (QED) is 0.442. The summed E-state index contributed by atoms with van der Waals surface area (Å²) in [6.45, 7) is 2.34. The summed E-state index contributed by atoms with van der Waals surface area (Å²) in [6.07, 6.45) is 3.23. The lowest BCUT2D eigenvalue weighted by Gasteiger charge is -2.15. The zero-order chi connectivity index (χ0) is 14.8. The van der Waals surface area contributed by atoms with Crippen LogP contribution in [0.5, 0.6) is 0 Å². The zero-order valence-corrected chi connectivity index (χ0v) is 11.4. The minimum Gasteiger partial charge on any atom is -0.376 e. The Hall–Kier alpha value is -2.41. The highest BCUT2D eigenvalue weighted by Gasteiger charge is 2.24. The number of carbonyl (C=O) groups is 1. The summed E-state index contributed by atoms with van der Waals surface area (Å²) in [4.78, 5) is 22.2. The van der Waals surface area contributed by atoms with Crippen molar-refractivity contribution in [3.63, 3.8) is 0 Å². The van der Waals surface area contributed by atoms with Gasteiger partial charge in [-0.25, -0.2) is 0 Å². The number of benzene rings is 1. The second-order valence-corrected chi connectivity index (χ2v) is 5.18.